The second kappa shape index (κ2) is 14.2. The first kappa shape index (κ1) is 29.5. The lowest BCUT2D eigenvalue weighted by atomic mass is 10.1. The fourth-order valence-corrected chi connectivity index (χ4v) is 6.73. The van der Waals surface area contributed by atoms with E-state index in [1.807, 2.05) is 29.5 Å². The molecule has 0 aliphatic carbocycles. The van der Waals surface area contributed by atoms with Gasteiger partial charge in [-0.2, -0.15) is 11.8 Å². The van der Waals surface area contributed by atoms with Gasteiger partial charge in [-0.1, -0.05) is 50.3 Å². The monoisotopic (exact) mass is 562 g/mol. The summed E-state index contributed by atoms with van der Waals surface area (Å²) in [4.78, 5) is 32.5. The summed E-state index contributed by atoms with van der Waals surface area (Å²) >= 11 is 9.09. The maximum Gasteiger partial charge on any atom is 0.243 e. The zero-order valence-corrected chi connectivity index (χ0v) is 24.5. The number of likely N-dealkylation sites (tertiary alicyclic amines) is 1. The fourth-order valence-electron chi connectivity index (χ4n) is 4.34. The number of aliphatic hydroxyl groups excluding tert-OH is 1. The second-order valence-corrected chi connectivity index (χ2v) is 12.3. The zero-order chi connectivity index (χ0) is 26.9. The van der Waals surface area contributed by atoms with Crippen LogP contribution in [0.15, 0.2) is 29.8 Å². The predicted octanol–water partition coefficient (Wildman–Crippen LogP) is 4.17. The Hall–Kier alpha value is -2.01. The second-order valence-electron chi connectivity index (χ2n) is 9.86. The van der Waals surface area contributed by atoms with E-state index in [2.05, 4.69) is 41.6 Å². The first-order valence-corrected chi connectivity index (χ1v) is 15.2. The van der Waals surface area contributed by atoms with Crippen molar-refractivity contribution in [3.8, 4) is 10.4 Å². The molecule has 37 heavy (non-hydrogen) atoms. The Kier molecular flexibility index (Phi) is 11.4. The lowest BCUT2D eigenvalue weighted by Crippen LogP contribution is -2.45. The summed E-state index contributed by atoms with van der Waals surface area (Å²) in [5.74, 6) is 2.06. The normalized spacial score (nSPS) is 18.2. The molecule has 0 radical (unpaired) electrons. The number of aryl methyl sites for hydroxylation is 1. The quantitative estimate of drug-likeness (QED) is 0.264. The first-order chi connectivity index (χ1) is 17.7. The van der Waals surface area contributed by atoms with Crippen LogP contribution in [0.4, 0.5) is 0 Å². The Labute approximate surface area is 233 Å². The molecule has 0 saturated carbocycles. The van der Waals surface area contributed by atoms with E-state index in [4.69, 9.17) is 12.2 Å². The smallest absolute Gasteiger partial charge is 0.243 e. The number of amides is 2. The average Bonchev–Trinajstić information content (AvgIpc) is 3.47. The van der Waals surface area contributed by atoms with E-state index in [9.17, 15) is 14.7 Å². The maximum absolute atomic E-state index is 13.0. The topological polar surface area (TPSA) is 94.6 Å². The number of thioether (sulfide) groups is 1. The Morgan fingerprint density at radius 1 is 1.30 bits per heavy atom. The number of thiazole rings is 1. The first-order valence-electron chi connectivity index (χ1n) is 12.7. The Balaban J connectivity index is 1.45. The molecule has 7 nitrogen and oxygen atoms in total. The van der Waals surface area contributed by atoms with Gasteiger partial charge in [-0.3, -0.25) is 9.59 Å². The molecule has 0 bridgehead atoms. The number of hydrogen-bond acceptors (Lipinski definition) is 7. The molecular weight excluding hydrogens is 525 g/mol. The van der Waals surface area contributed by atoms with Gasteiger partial charge in [0.05, 0.1) is 27.2 Å². The maximum atomic E-state index is 13.0. The number of rotatable bonds is 12. The number of aliphatic hydroxyl groups is 1. The van der Waals surface area contributed by atoms with Crippen molar-refractivity contribution in [2.24, 2.45) is 5.92 Å². The summed E-state index contributed by atoms with van der Waals surface area (Å²) in [7, 11) is 0. The van der Waals surface area contributed by atoms with E-state index in [-0.39, 0.29) is 17.9 Å². The molecule has 2 amide bonds. The molecule has 1 aliphatic rings. The van der Waals surface area contributed by atoms with Gasteiger partial charge >= 0.3 is 0 Å². The molecule has 1 aromatic carbocycles. The van der Waals surface area contributed by atoms with Gasteiger partial charge in [0.25, 0.3) is 0 Å². The number of aromatic nitrogens is 1. The van der Waals surface area contributed by atoms with Crippen molar-refractivity contribution >= 4 is 52.1 Å². The van der Waals surface area contributed by atoms with Crippen LogP contribution in [0, 0.1) is 12.8 Å². The SMILES string of the molecule is CC(=O)N[C@H](CSCCCC(=S)N1C[C@H](O)C[C@H]1C(=O)NCc1ccc(-c2scnc2C)cc1)C(C)C. The van der Waals surface area contributed by atoms with Gasteiger partial charge in [0.1, 0.15) is 6.04 Å². The minimum atomic E-state index is -0.561. The van der Waals surface area contributed by atoms with Crippen molar-refractivity contribution in [2.45, 2.75) is 71.7 Å². The van der Waals surface area contributed by atoms with E-state index < -0.39 is 12.1 Å². The highest BCUT2D eigenvalue weighted by Crippen LogP contribution is 2.27. The van der Waals surface area contributed by atoms with Crippen LogP contribution in [0.5, 0.6) is 0 Å². The fraction of sp³-hybridized carbons (Fsp3) is 0.556. The van der Waals surface area contributed by atoms with Crippen molar-refractivity contribution in [1.82, 2.24) is 20.5 Å². The summed E-state index contributed by atoms with van der Waals surface area (Å²) < 4.78 is 0. The molecule has 1 aromatic heterocycles. The summed E-state index contributed by atoms with van der Waals surface area (Å²) in [6.45, 7) is 8.59. The molecule has 3 rings (SSSR count). The number of benzene rings is 1. The van der Waals surface area contributed by atoms with E-state index in [1.165, 1.54) is 0 Å². The number of nitrogens with one attached hydrogen (secondary N) is 2. The van der Waals surface area contributed by atoms with Gasteiger partial charge < -0.3 is 20.6 Å². The highest BCUT2D eigenvalue weighted by molar-refractivity contribution is 7.99. The lowest BCUT2D eigenvalue weighted by Gasteiger charge is -2.26. The average molecular weight is 563 g/mol. The molecule has 10 heteroatoms. The molecule has 0 spiro atoms. The van der Waals surface area contributed by atoms with Crippen LogP contribution in [-0.4, -0.2) is 68.0 Å². The molecule has 3 atom stereocenters. The minimum Gasteiger partial charge on any atom is -0.391 e. The lowest BCUT2D eigenvalue weighted by molar-refractivity contribution is -0.124. The van der Waals surface area contributed by atoms with Crippen molar-refractivity contribution in [2.75, 3.05) is 18.1 Å². The number of carbonyl (C=O) groups excluding carboxylic acids is 2. The van der Waals surface area contributed by atoms with Crippen molar-refractivity contribution < 1.29 is 14.7 Å². The molecule has 202 valence electrons. The Bertz CT molecular complexity index is 1060. The van der Waals surface area contributed by atoms with Gasteiger partial charge in [0.2, 0.25) is 11.8 Å². The summed E-state index contributed by atoms with van der Waals surface area (Å²) in [5, 5.41) is 16.3. The van der Waals surface area contributed by atoms with Gasteiger partial charge in [0, 0.05) is 38.2 Å². The van der Waals surface area contributed by atoms with Crippen LogP contribution in [0.1, 0.15) is 51.3 Å². The standard InChI is InChI=1S/C27H38N4O3S3/c1-17(2)23(30-19(4)32)15-36-11-5-6-25(35)31-14-22(33)12-24(31)27(34)28-13-20-7-9-21(10-8-20)26-18(3)29-16-37-26/h7-10,16-17,22-24,33H,5-6,11-15H2,1-4H3,(H,28,34)(H,30,32)/t22-,23-,24+/m1/s1. The third kappa shape index (κ3) is 8.77. The van der Waals surface area contributed by atoms with Crippen molar-refractivity contribution in [1.29, 1.82) is 0 Å². The summed E-state index contributed by atoms with van der Waals surface area (Å²) in [5.41, 5.74) is 5.01. The molecule has 1 aliphatic heterocycles. The highest BCUT2D eigenvalue weighted by Gasteiger charge is 2.36. The third-order valence-electron chi connectivity index (χ3n) is 6.50. The van der Waals surface area contributed by atoms with Gasteiger partial charge in [0.15, 0.2) is 0 Å². The molecule has 0 unspecified atom stereocenters. The number of β-amino-alcohol motifs (C(OH)–C–C–N with tert-alkyl or cyclic N) is 1. The summed E-state index contributed by atoms with van der Waals surface area (Å²) in [6.07, 6.45) is 1.41. The van der Waals surface area contributed by atoms with Crippen molar-refractivity contribution in [3.05, 3.63) is 41.0 Å². The van der Waals surface area contributed by atoms with Crippen LogP contribution >= 0.6 is 35.3 Å². The molecular formula is C27H38N4O3S3. The highest BCUT2D eigenvalue weighted by atomic mass is 32.2. The third-order valence-corrected chi connectivity index (χ3v) is 9.09. The Morgan fingerprint density at radius 3 is 2.65 bits per heavy atom. The molecule has 1 saturated heterocycles. The number of carbonyl (C=O) groups is 2. The number of thiocarbonyl (C=S) groups is 1. The van der Waals surface area contributed by atoms with E-state index in [0.29, 0.717) is 31.8 Å². The number of hydrogen-bond donors (Lipinski definition) is 3. The minimum absolute atomic E-state index is 0.000384. The van der Waals surface area contributed by atoms with Gasteiger partial charge in [-0.15, -0.1) is 11.3 Å². The molecule has 2 aromatic rings. The van der Waals surface area contributed by atoms with Crippen LogP contribution in [0.2, 0.25) is 0 Å². The van der Waals surface area contributed by atoms with Gasteiger partial charge in [-0.05, 0) is 42.6 Å². The van der Waals surface area contributed by atoms with Crippen LogP contribution in [0.25, 0.3) is 10.4 Å². The molecule has 3 N–H and O–H groups in total. The predicted molar refractivity (Wildman–Crippen MR) is 157 cm³/mol. The van der Waals surface area contributed by atoms with Gasteiger partial charge in [-0.25, -0.2) is 4.98 Å². The van der Waals surface area contributed by atoms with Crippen LogP contribution < -0.4 is 10.6 Å². The molecule has 2 heterocycles. The van der Waals surface area contributed by atoms with E-state index in [0.717, 1.165) is 44.6 Å². The van der Waals surface area contributed by atoms with E-state index >= 15 is 0 Å². The van der Waals surface area contributed by atoms with E-state index in [1.54, 1.807) is 30.0 Å². The van der Waals surface area contributed by atoms with Crippen LogP contribution in [0.3, 0.4) is 0 Å². The largest absolute Gasteiger partial charge is 0.391 e. The summed E-state index contributed by atoms with van der Waals surface area (Å²) in [6, 6.07) is 7.87. The zero-order valence-electron chi connectivity index (χ0n) is 22.0. The Morgan fingerprint density at radius 2 is 2.03 bits per heavy atom. The molecule has 1 fully saturated rings. The number of nitrogens with zero attached hydrogens (tertiary/aromatic N) is 2. The van der Waals surface area contributed by atoms with Crippen molar-refractivity contribution in [3.63, 3.8) is 0 Å². The van der Waals surface area contributed by atoms with Crippen LogP contribution in [-0.2, 0) is 16.1 Å².